The van der Waals surface area contributed by atoms with E-state index in [0.717, 1.165) is 10.7 Å². The van der Waals surface area contributed by atoms with Gasteiger partial charge >= 0.3 is 0 Å². The molecule has 4 nitrogen and oxygen atoms in total. The van der Waals surface area contributed by atoms with Crippen molar-refractivity contribution in [3.63, 3.8) is 0 Å². The average molecular weight is 282 g/mol. The number of piperidine rings is 1. The Morgan fingerprint density at radius 2 is 2.37 bits per heavy atom. The van der Waals surface area contributed by atoms with Crippen LogP contribution in [0.1, 0.15) is 43.8 Å². The number of nitrogens with zero attached hydrogens (tertiary/aromatic N) is 2. The first kappa shape index (κ1) is 14.5. The summed E-state index contributed by atoms with van der Waals surface area (Å²) in [4.78, 5) is 18.6. The van der Waals surface area contributed by atoms with Crippen molar-refractivity contribution in [3.8, 4) is 0 Å². The summed E-state index contributed by atoms with van der Waals surface area (Å²) in [5, 5.41) is 12.8. The Labute approximate surface area is 118 Å². The lowest BCUT2D eigenvalue weighted by Gasteiger charge is -2.34. The zero-order chi connectivity index (χ0) is 14.0. The maximum absolute atomic E-state index is 12.2. The fourth-order valence-corrected chi connectivity index (χ4v) is 3.13. The Bertz CT molecular complexity index is 444. The molecule has 1 amide bonds. The van der Waals surface area contributed by atoms with Crippen molar-refractivity contribution in [2.75, 3.05) is 13.1 Å². The molecule has 0 spiro atoms. The van der Waals surface area contributed by atoms with Crippen LogP contribution in [0.3, 0.4) is 0 Å². The van der Waals surface area contributed by atoms with E-state index in [4.69, 9.17) is 0 Å². The molecule has 2 rings (SSSR count). The Balaban J connectivity index is 1.93. The molecule has 1 aliphatic heterocycles. The zero-order valence-corrected chi connectivity index (χ0v) is 12.6. The van der Waals surface area contributed by atoms with E-state index in [1.165, 1.54) is 0 Å². The van der Waals surface area contributed by atoms with Crippen LogP contribution in [0.4, 0.5) is 0 Å². The molecule has 0 bridgehead atoms. The van der Waals surface area contributed by atoms with E-state index >= 15 is 0 Å². The molecule has 1 aromatic rings. The third-order valence-corrected chi connectivity index (χ3v) is 4.80. The fourth-order valence-electron chi connectivity index (χ4n) is 2.30. The quantitative estimate of drug-likeness (QED) is 0.923. The second kappa shape index (κ2) is 6.01. The molecule has 2 heterocycles. The van der Waals surface area contributed by atoms with E-state index in [0.29, 0.717) is 31.8 Å². The highest BCUT2D eigenvalue weighted by Gasteiger charge is 2.27. The number of aliphatic hydroxyl groups is 1. The summed E-state index contributed by atoms with van der Waals surface area (Å²) in [7, 11) is 0. The lowest BCUT2D eigenvalue weighted by atomic mass is 9.96. The fraction of sp³-hybridized carbons (Fsp3) is 0.714. The maximum Gasteiger partial charge on any atom is 0.228 e. The van der Waals surface area contributed by atoms with Crippen LogP contribution in [0.5, 0.6) is 0 Å². The molecular weight excluding hydrogens is 260 g/mol. The summed E-state index contributed by atoms with van der Waals surface area (Å²) in [6, 6.07) is 0. The number of hydrogen-bond acceptors (Lipinski definition) is 4. The standard InChI is InChI=1S/C14H22N2O2S/c1-9(2)14-15-11(8-19-14)6-13(18)16-5-4-12(17)10(3)7-16/h8-10,12,17H,4-7H2,1-3H3/t10-,12-/m0/s1. The lowest BCUT2D eigenvalue weighted by molar-refractivity contribution is -0.134. The SMILES string of the molecule is CC(C)c1nc(CC(=O)N2CC[C@H](O)[C@@H](C)C2)cs1. The van der Waals surface area contributed by atoms with Gasteiger partial charge in [-0.2, -0.15) is 0 Å². The Morgan fingerprint density at radius 3 is 2.95 bits per heavy atom. The molecule has 0 aromatic carbocycles. The van der Waals surface area contributed by atoms with E-state index < -0.39 is 0 Å². The number of aliphatic hydroxyl groups excluding tert-OH is 1. The highest BCUT2D eigenvalue weighted by Crippen LogP contribution is 2.21. The number of hydrogen-bond donors (Lipinski definition) is 1. The van der Waals surface area contributed by atoms with Gasteiger partial charge in [0.25, 0.3) is 0 Å². The summed E-state index contributed by atoms with van der Waals surface area (Å²) >= 11 is 1.63. The van der Waals surface area contributed by atoms with Crippen molar-refractivity contribution in [3.05, 3.63) is 16.1 Å². The van der Waals surface area contributed by atoms with Crippen LogP contribution >= 0.6 is 11.3 Å². The van der Waals surface area contributed by atoms with E-state index in [1.54, 1.807) is 11.3 Å². The van der Waals surface area contributed by atoms with Crippen molar-refractivity contribution >= 4 is 17.2 Å². The number of carbonyl (C=O) groups excluding carboxylic acids is 1. The van der Waals surface area contributed by atoms with Crippen molar-refractivity contribution in [1.29, 1.82) is 0 Å². The monoisotopic (exact) mass is 282 g/mol. The molecule has 0 radical (unpaired) electrons. The molecule has 1 aromatic heterocycles. The second-order valence-corrected chi connectivity index (χ2v) is 6.57. The first-order valence-electron chi connectivity index (χ1n) is 6.87. The molecule has 5 heteroatoms. The highest BCUT2D eigenvalue weighted by atomic mass is 32.1. The third-order valence-electron chi connectivity index (χ3n) is 3.61. The van der Waals surface area contributed by atoms with Gasteiger partial charge in [-0.1, -0.05) is 20.8 Å². The molecule has 0 aliphatic carbocycles. The molecule has 1 saturated heterocycles. The Morgan fingerprint density at radius 1 is 1.63 bits per heavy atom. The average Bonchev–Trinajstić information content (AvgIpc) is 2.81. The second-order valence-electron chi connectivity index (χ2n) is 5.68. The number of likely N-dealkylation sites (tertiary alicyclic amines) is 1. The third kappa shape index (κ3) is 3.54. The zero-order valence-electron chi connectivity index (χ0n) is 11.8. The minimum atomic E-state index is -0.268. The van der Waals surface area contributed by atoms with Crippen LogP contribution in [0, 0.1) is 5.92 Å². The number of aromatic nitrogens is 1. The number of thiazole rings is 1. The van der Waals surface area contributed by atoms with Gasteiger partial charge in [0.1, 0.15) is 0 Å². The number of amides is 1. The van der Waals surface area contributed by atoms with Crippen molar-refractivity contribution in [2.24, 2.45) is 5.92 Å². The molecule has 19 heavy (non-hydrogen) atoms. The largest absolute Gasteiger partial charge is 0.393 e. The number of carbonyl (C=O) groups is 1. The maximum atomic E-state index is 12.2. The Hall–Kier alpha value is -0.940. The predicted molar refractivity (Wildman–Crippen MR) is 76.3 cm³/mol. The van der Waals surface area contributed by atoms with E-state index in [2.05, 4.69) is 18.8 Å². The summed E-state index contributed by atoms with van der Waals surface area (Å²) in [5.41, 5.74) is 0.873. The van der Waals surface area contributed by atoms with Gasteiger partial charge in [0.2, 0.25) is 5.91 Å². The topological polar surface area (TPSA) is 53.4 Å². The Kier molecular flexibility index (Phi) is 4.58. The van der Waals surface area contributed by atoms with Gasteiger partial charge in [-0.25, -0.2) is 4.98 Å². The highest BCUT2D eigenvalue weighted by molar-refractivity contribution is 7.09. The summed E-state index contributed by atoms with van der Waals surface area (Å²) in [6.07, 6.45) is 0.795. The van der Waals surface area contributed by atoms with Gasteiger partial charge in [-0.15, -0.1) is 11.3 Å². The summed E-state index contributed by atoms with van der Waals surface area (Å²) in [5.74, 6) is 0.706. The van der Waals surface area contributed by atoms with E-state index in [9.17, 15) is 9.90 Å². The normalized spacial score (nSPS) is 23.9. The minimum absolute atomic E-state index is 0.124. The first-order chi connectivity index (χ1) is 8.97. The van der Waals surface area contributed by atoms with Gasteiger partial charge in [-0.05, 0) is 12.3 Å². The van der Waals surface area contributed by atoms with Crippen molar-refractivity contribution in [1.82, 2.24) is 9.88 Å². The van der Waals surface area contributed by atoms with Gasteiger partial charge in [0, 0.05) is 24.4 Å². The number of rotatable bonds is 3. The van der Waals surface area contributed by atoms with Crippen LogP contribution in [0.15, 0.2) is 5.38 Å². The molecule has 2 atom stereocenters. The van der Waals surface area contributed by atoms with Gasteiger partial charge in [-0.3, -0.25) is 4.79 Å². The smallest absolute Gasteiger partial charge is 0.228 e. The van der Waals surface area contributed by atoms with Gasteiger partial charge < -0.3 is 10.0 Å². The van der Waals surface area contributed by atoms with Gasteiger partial charge in [0.15, 0.2) is 0 Å². The molecule has 1 N–H and O–H groups in total. The van der Waals surface area contributed by atoms with E-state index in [1.807, 2.05) is 17.2 Å². The molecule has 1 fully saturated rings. The van der Waals surface area contributed by atoms with Gasteiger partial charge in [0.05, 0.1) is 23.2 Å². The minimum Gasteiger partial charge on any atom is -0.393 e. The van der Waals surface area contributed by atoms with Crippen molar-refractivity contribution < 1.29 is 9.90 Å². The molecule has 0 unspecified atom stereocenters. The van der Waals surface area contributed by atoms with E-state index in [-0.39, 0.29) is 17.9 Å². The molecule has 106 valence electrons. The van der Waals surface area contributed by atoms with Crippen LogP contribution in [0.25, 0.3) is 0 Å². The molecular formula is C14H22N2O2S. The van der Waals surface area contributed by atoms with Crippen LogP contribution in [-0.4, -0.2) is 40.1 Å². The van der Waals surface area contributed by atoms with Crippen LogP contribution < -0.4 is 0 Å². The molecule has 1 aliphatic rings. The first-order valence-corrected chi connectivity index (χ1v) is 7.75. The predicted octanol–water partition coefficient (Wildman–Crippen LogP) is 2.04. The van der Waals surface area contributed by atoms with Crippen molar-refractivity contribution in [2.45, 2.75) is 45.6 Å². The lowest BCUT2D eigenvalue weighted by Crippen LogP contribution is -2.45. The summed E-state index contributed by atoms with van der Waals surface area (Å²) in [6.45, 7) is 7.52. The molecule has 0 saturated carbocycles. The van der Waals surface area contributed by atoms with Crippen LogP contribution in [0.2, 0.25) is 0 Å². The van der Waals surface area contributed by atoms with Crippen LogP contribution in [-0.2, 0) is 11.2 Å². The summed E-state index contributed by atoms with van der Waals surface area (Å²) < 4.78 is 0.